The summed E-state index contributed by atoms with van der Waals surface area (Å²) < 4.78 is 0. The third-order valence-corrected chi connectivity index (χ3v) is 2.28. The fourth-order valence-electron chi connectivity index (χ4n) is 1.28. The van der Waals surface area contributed by atoms with Gasteiger partial charge in [0.25, 0.3) is 0 Å². The Bertz CT molecular complexity index is 314. The Labute approximate surface area is 91.7 Å². The molecule has 1 rings (SSSR count). The standard InChI is InChI=1S/C13H19NO/c1-10(2)4-9-13(15)14-12-7-5-11(3)6-8-12/h5-8,10H,4,9H2,1-3H3,(H,14,15). The molecule has 0 unspecified atom stereocenters. The summed E-state index contributed by atoms with van der Waals surface area (Å²) in [6.45, 7) is 6.28. The van der Waals surface area contributed by atoms with Crippen molar-refractivity contribution in [2.24, 2.45) is 5.92 Å². The van der Waals surface area contributed by atoms with Crippen molar-refractivity contribution in [1.29, 1.82) is 0 Å². The Morgan fingerprint density at radius 1 is 1.27 bits per heavy atom. The van der Waals surface area contributed by atoms with Crippen molar-refractivity contribution in [2.45, 2.75) is 33.6 Å². The van der Waals surface area contributed by atoms with E-state index in [4.69, 9.17) is 0 Å². The van der Waals surface area contributed by atoms with Gasteiger partial charge in [0.2, 0.25) is 5.91 Å². The summed E-state index contributed by atoms with van der Waals surface area (Å²) in [7, 11) is 0. The first kappa shape index (κ1) is 11.8. The minimum absolute atomic E-state index is 0.104. The molecule has 2 nitrogen and oxygen atoms in total. The maximum atomic E-state index is 11.5. The maximum Gasteiger partial charge on any atom is 0.224 e. The van der Waals surface area contributed by atoms with Crippen LogP contribution in [0.1, 0.15) is 32.3 Å². The summed E-state index contributed by atoms with van der Waals surface area (Å²) in [5.41, 5.74) is 2.09. The molecule has 0 radical (unpaired) electrons. The predicted molar refractivity (Wildman–Crippen MR) is 63.9 cm³/mol. The van der Waals surface area contributed by atoms with E-state index in [0.717, 1.165) is 12.1 Å². The predicted octanol–water partition coefficient (Wildman–Crippen LogP) is 3.37. The molecule has 15 heavy (non-hydrogen) atoms. The first-order valence-corrected chi connectivity index (χ1v) is 5.44. The summed E-state index contributed by atoms with van der Waals surface area (Å²) in [5, 5.41) is 2.89. The average Bonchev–Trinajstić information content (AvgIpc) is 2.19. The molecule has 0 aromatic heterocycles. The molecule has 0 atom stereocenters. The van der Waals surface area contributed by atoms with Gasteiger partial charge in [-0.05, 0) is 31.4 Å². The molecule has 1 aromatic carbocycles. The number of carbonyl (C=O) groups excluding carboxylic acids is 1. The summed E-state index contributed by atoms with van der Waals surface area (Å²) in [5.74, 6) is 0.682. The van der Waals surface area contributed by atoms with Crippen LogP contribution in [0.3, 0.4) is 0 Å². The quantitative estimate of drug-likeness (QED) is 0.802. The molecule has 82 valence electrons. The van der Waals surface area contributed by atoms with Crippen LogP contribution in [-0.2, 0) is 4.79 Å². The molecule has 1 N–H and O–H groups in total. The summed E-state index contributed by atoms with van der Waals surface area (Å²) in [6, 6.07) is 7.86. The molecule has 0 saturated heterocycles. The Kier molecular flexibility index (Phi) is 4.35. The van der Waals surface area contributed by atoms with Crippen molar-refractivity contribution in [2.75, 3.05) is 5.32 Å². The van der Waals surface area contributed by atoms with Crippen molar-refractivity contribution in [3.8, 4) is 0 Å². The number of benzene rings is 1. The van der Waals surface area contributed by atoms with Crippen LogP contribution in [0.4, 0.5) is 5.69 Å². The van der Waals surface area contributed by atoms with E-state index in [9.17, 15) is 4.79 Å². The zero-order chi connectivity index (χ0) is 11.3. The van der Waals surface area contributed by atoms with Crippen molar-refractivity contribution < 1.29 is 4.79 Å². The first-order chi connectivity index (χ1) is 7.08. The minimum atomic E-state index is 0.104. The second-order valence-electron chi connectivity index (χ2n) is 4.35. The number of nitrogens with one attached hydrogen (secondary N) is 1. The Balaban J connectivity index is 2.41. The summed E-state index contributed by atoms with van der Waals surface area (Å²) in [4.78, 5) is 11.5. The van der Waals surface area contributed by atoms with Crippen LogP contribution in [0, 0.1) is 12.8 Å². The lowest BCUT2D eigenvalue weighted by atomic mass is 10.1. The monoisotopic (exact) mass is 205 g/mol. The van der Waals surface area contributed by atoms with E-state index >= 15 is 0 Å². The van der Waals surface area contributed by atoms with Gasteiger partial charge in [0, 0.05) is 12.1 Å². The lowest BCUT2D eigenvalue weighted by molar-refractivity contribution is -0.116. The number of aryl methyl sites for hydroxylation is 1. The fourth-order valence-corrected chi connectivity index (χ4v) is 1.28. The van der Waals surface area contributed by atoms with Crippen LogP contribution in [0.5, 0.6) is 0 Å². The van der Waals surface area contributed by atoms with Crippen molar-refractivity contribution >= 4 is 11.6 Å². The number of anilines is 1. The van der Waals surface area contributed by atoms with E-state index in [1.165, 1.54) is 5.56 Å². The largest absolute Gasteiger partial charge is 0.326 e. The van der Waals surface area contributed by atoms with Crippen LogP contribution in [-0.4, -0.2) is 5.91 Å². The van der Waals surface area contributed by atoms with Gasteiger partial charge in [-0.2, -0.15) is 0 Å². The number of hydrogen-bond donors (Lipinski definition) is 1. The Morgan fingerprint density at radius 2 is 1.87 bits per heavy atom. The lowest BCUT2D eigenvalue weighted by Crippen LogP contribution is -2.11. The SMILES string of the molecule is Cc1ccc(NC(=O)CCC(C)C)cc1. The molecule has 0 aliphatic carbocycles. The van der Waals surface area contributed by atoms with Gasteiger partial charge in [0.1, 0.15) is 0 Å². The molecule has 0 spiro atoms. The van der Waals surface area contributed by atoms with Gasteiger partial charge in [0.15, 0.2) is 0 Å². The molecular weight excluding hydrogens is 186 g/mol. The Hall–Kier alpha value is -1.31. The zero-order valence-electron chi connectivity index (χ0n) is 9.71. The molecule has 0 heterocycles. The molecule has 0 bridgehead atoms. The van der Waals surface area contributed by atoms with E-state index < -0.39 is 0 Å². The number of amides is 1. The van der Waals surface area contributed by atoms with Gasteiger partial charge >= 0.3 is 0 Å². The zero-order valence-corrected chi connectivity index (χ0v) is 9.71. The van der Waals surface area contributed by atoms with Crippen LogP contribution in [0.25, 0.3) is 0 Å². The summed E-state index contributed by atoms with van der Waals surface area (Å²) >= 11 is 0. The third kappa shape index (κ3) is 4.63. The highest BCUT2D eigenvalue weighted by Crippen LogP contribution is 2.10. The smallest absolute Gasteiger partial charge is 0.224 e. The number of carbonyl (C=O) groups is 1. The van der Waals surface area contributed by atoms with E-state index in [0.29, 0.717) is 12.3 Å². The molecule has 0 saturated carbocycles. The fraction of sp³-hybridized carbons (Fsp3) is 0.462. The van der Waals surface area contributed by atoms with Crippen LogP contribution in [0.2, 0.25) is 0 Å². The lowest BCUT2D eigenvalue weighted by Gasteiger charge is -2.06. The highest BCUT2D eigenvalue weighted by atomic mass is 16.1. The van der Waals surface area contributed by atoms with E-state index in [2.05, 4.69) is 19.2 Å². The molecule has 1 aromatic rings. The van der Waals surface area contributed by atoms with Gasteiger partial charge < -0.3 is 5.32 Å². The van der Waals surface area contributed by atoms with Crippen LogP contribution >= 0.6 is 0 Å². The number of rotatable bonds is 4. The minimum Gasteiger partial charge on any atom is -0.326 e. The average molecular weight is 205 g/mol. The molecular formula is C13H19NO. The van der Waals surface area contributed by atoms with Crippen molar-refractivity contribution in [3.05, 3.63) is 29.8 Å². The van der Waals surface area contributed by atoms with Crippen molar-refractivity contribution in [3.63, 3.8) is 0 Å². The molecule has 0 aliphatic heterocycles. The van der Waals surface area contributed by atoms with Gasteiger partial charge in [-0.15, -0.1) is 0 Å². The van der Waals surface area contributed by atoms with Gasteiger partial charge in [-0.25, -0.2) is 0 Å². The molecule has 1 amide bonds. The van der Waals surface area contributed by atoms with Gasteiger partial charge in [0.05, 0.1) is 0 Å². The van der Waals surface area contributed by atoms with Gasteiger partial charge in [-0.3, -0.25) is 4.79 Å². The maximum absolute atomic E-state index is 11.5. The van der Waals surface area contributed by atoms with Crippen LogP contribution < -0.4 is 5.32 Å². The normalized spacial score (nSPS) is 10.4. The van der Waals surface area contributed by atoms with E-state index in [1.54, 1.807) is 0 Å². The molecule has 0 aliphatic rings. The highest BCUT2D eigenvalue weighted by molar-refractivity contribution is 5.90. The van der Waals surface area contributed by atoms with E-state index in [1.807, 2.05) is 31.2 Å². The topological polar surface area (TPSA) is 29.1 Å². The highest BCUT2D eigenvalue weighted by Gasteiger charge is 2.03. The molecule has 2 heteroatoms. The third-order valence-electron chi connectivity index (χ3n) is 2.28. The van der Waals surface area contributed by atoms with Crippen LogP contribution in [0.15, 0.2) is 24.3 Å². The Morgan fingerprint density at radius 3 is 2.40 bits per heavy atom. The summed E-state index contributed by atoms with van der Waals surface area (Å²) in [6.07, 6.45) is 1.54. The van der Waals surface area contributed by atoms with Gasteiger partial charge in [-0.1, -0.05) is 31.5 Å². The van der Waals surface area contributed by atoms with Crippen molar-refractivity contribution in [1.82, 2.24) is 0 Å². The first-order valence-electron chi connectivity index (χ1n) is 5.44. The number of hydrogen-bond acceptors (Lipinski definition) is 1. The second-order valence-corrected chi connectivity index (χ2v) is 4.35. The second kappa shape index (κ2) is 5.54. The van der Waals surface area contributed by atoms with E-state index in [-0.39, 0.29) is 5.91 Å². The molecule has 0 fully saturated rings.